The van der Waals surface area contributed by atoms with Crippen LogP contribution in [0.4, 0.5) is 18.9 Å². The minimum atomic E-state index is -4.50. The summed E-state index contributed by atoms with van der Waals surface area (Å²) in [6.07, 6.45) is -4.50. The van der Waals surface area contributed by atoms with Crippen LogP contribution in [0, 0.1) is 0 Å². The van der Waals surface area contributed by atoms with Gasteiger partial charge in [0, 0.05) is 10.3 Å². The first-order valence-corrected chi connectivity index (χ1v) is 9.58. The van der Waals surface area contributed by atoms with E-state index in [0.717, 1.165) is 29.2 Å². The molecule has 2 aromatic rings. The van der Waals surface area contributed by atoms with Crippen molar-refractivity contribution in [2.45, 2.75) is 25.3 Å². The number of halogens is 4. The molecule has 2 amide bonds. The van der Waals surface area contributed by atoms with Crippen molar-refractivity contribution in [1.29, 1.82) is 0 Å². The predicted molar refractivity (Wildman–Crippen MR) is 105 cm³/mol. The number of carbonyl (C=O) groups excluding carboxylic acids is 2. The summed E-state index contributed by atoms with van der Waals surface area (Å²) in [7, 11) is 0. The Labute approximate surface area is 169 Å². The highest BCUT2D eigenvalue weighted by molar-refractivity contribution is 8.04. The molecule has 28 heavy (non-hydrogen) atoms. The van der Waals surface area contributed by atoms with Crippen molar-refractivity contribution < 1.29 is 22.8 Å². The molecule has 0 aliphatic carbocycles. The van der Waals surface area contributed by atoms with Crippen LogP contribution < -0.4 is 4.90 Å². The summed E-state index contributed by atoms with van der Waals surface area (Å²) in [4.78, 5) is 27.2. The second-order valence-electron chi connectivity index (χ2n) is 6.37. The standard InChI is InChI=1S/C20H15ClF3NO2S/c1-11(2)28-17-16(12-3-7-14(21)8-4-12)18(26)25(19(17)27)15-9-5-13(6-10-15)20(22,23)24/h3-11H,1-2H3. The lowest BCUT2D eigenvalue weighted by Crippen LogP contribution is -2.31. The van der Waals surface area contributed by atoms with Crippen molar-refractivity contribution in [2.24, 2.45) is 0 Å². The van der Waals surface area contributed by atoms with Gasteiger partial charge in [0.25, 0.3) is 11.8 Å². The lowest BCUT2D eigenvalue weighted by Gasteiger charge is -2.16. The van der Waals surface area contributed by atoms with Gasteiger partial charge in [0.1, 0.15) is 0 Å². The highest BCUT2D eigenvalue weighted by Crippen LogP contribution is 2.40. The first-order chi connectivity index (χ1) is 13.1. The Balaban J connectivity index is 2.04. The van der Waals surface area contributed by atoms with Crippen LogP contribution in [0.2, 0.25) is 5.02 Å². The molecule has 1 aliphatic heterocycles. The van der Waals surface area contributed by atoms with Crippen LogP contribution in [0.5, 0.6) is 0 Å². The third kappa shape index (κ3) is 3.95. The summed E-state index contributed by atoms with van der Waals surface area (Å²) < 4.78 is 38.4. The van der Waals surface area contributed by atoms with Gasteiger partial charge in [-0.3, -0.25) is 9.59 Å². The molecule has 3 rings (SSSR count). The maximum absolute atomic E-state index is 13.1. The Morgan fingerprint density at radius 3 is 2.00 bits per heavy atom. The van der Waals surface area contributed by atoms with E-state index in [1.807, 2.05) is 13.8 Å². The van der Waals surface area contributed by atoms with Gasteiger partial charge in [-0.1, -0.05) is 37.6 Å². The summed E-state index contributed by atoms with van der Waals surface area (Å²) in [5.74, 6) is -1.12. The summed E-state index contributed by atoms with van der Waals surface area (Å²) in [5.41, 5.74) is -0.00703. The molecular weight excluding hydrogens is 411 g/mol. The molecule has 0 saturated heterocycles. The first kappa shape index (κ1) is 20.5. The number of alkyl halides is 3. The minimum Gasteiger partial charge on any atom is -0.268 e. The Morgan fingerprint density at radius 1 is 0.929 bits per heavy atom. The van der Waals surface area contributed by atoms with Gasteiger partial charge in [0.05, 0.1) is 21.7 Å². The fourth-order valence-electron chi connectivity index (χ4n) is 2.76. The number of thioether (sulfide) groups is 1. The number of rotatable bonds is 4. The molecule has 0 unspecified atom stereocenters. The van der Waals surface area contributed by atoms with Gasteiger partial charge in [-0.15, -0.1) is 11.8 Å². The normalized spacial score (nSPS) is 15.2. The zero-order valence-corrected chi connectivity index (χ0v) is 16.5. The monoisotopic (exact) mass is 425 g/mol. The molecule has 0 spiro atoms. The van der Waals surface area contributed by atoms with Crippen molar-refractivity contribution in [3.8, 4) is 0 Å². The highest BCUT2D eigenvalue weighted by Gasteiger charge is 2.41. The number of carbonyl (C=O) groups is 2. The van der Waals surface area contributed by atoms with Crippen molar-refractivity contribution >= 4 is 46.4 Å². The molecule has 0 saturated carbocycles. The average molecular weight is 426 g/mol. The van der Waals surface area contributed by atoms with Gasteiger partial charge in [0.2, 0.25) is 0 Å². The molecule has 8 heteroatoms. The molecule has 146 valence electrons. The zero-order chi connectivity index (χ0) is 20.6. The molecule has 2 aromatic carbocycles. The van der Waals surface area contributed by atoms with Crippen molar-refractivity contribution in [3.05, 3.63) is 69.6 Å². The van der Waals surface area contributed by atoms with E-state index >= 15 is 0 Å². The van der Waals surface area contributed by atoms with Crippen LogP contribution in [0.1, 0.15) is 25.0 Å². The van der Waals surface area contributed by atoms with Crippen LogP contribution in [0.3, 0.4) is 0 Å². The largest absolute Gasteiger partial charge is 0.416 e. The molecule has 0 aromatic heterocycles. The zero-order valence-electron chi connectivity index (χ0n) is 14.9. The number of amides is 2. The minimum absolute atomic E-state index is 0.0293. The smallest absolute Gasteiger partial charge is 0.268 e. The summed E-state index contributed by atoms with van der Waals surface area (Å²) in [6.45, 7) is 3.77. The second kappa shape index (κ2) is 7.64. The van der Waals surface area contributed by atoms with Gasteiger partial charge in [-0.05, 0) is 42.0 Å². The summed E-state index contributed by atoms with van der Waals surface area (Å²) in [6, 6.07) is 10.5. The van der Waals surface area contributed by atoms with E-state index in [1.165, 1.54) is 11.8 Å². The highest BCUT2D eigenvalue weighted by atomic mass is 35.5. The van der Waals surface area contributed by atoms with E-state index in [4.69, 9.17) is 11.6 Å². The third-order valence-corrected chi connectivity index (χ3v) is 5.32. The topological polar surface area (TPSA) is 37.4 Å². The van der Waals surface area contributed by atoms with Gasteiger partial charge in [-0.25, -0.2) is 4.90 Å². The molecule has 3 nitrogen and oxygen atoms in total. The molecule has 1 heterocycles. The Bertz CT molecular complexity index is 951. The van der Waals surface area contributed by atoms with Crippen molar-refractivity contribution in [1.82, 2.24) is 0 Å². The number of imide groups is 1. The number of hydrogen-bond donors (Lipinski definition) is 0. The van der Waals surface area contributed by atoms with Crippen molar-refractivity contribution in [3.63, 3.8) is 0 Å². The number of benzene rings is 2. The quantitative estimate of drug-likeness (QED) is 0.582. The van der Waals surface area contributed by atoms with E-state index in [-0.39, 0.29) is 21.4 Å². The summed E-state index contributed by atoms with van der Waals surface area (Å²) >= 11 is 7.15. The van der Waals surface area contributed by atoms with Crippen molar-refractivity contribution in [2.75, 3.05) is 4.90 Å². The van der Waals surface area contributed by atoms with E-state index in [9.17, 15) is 22.8 Å². The Kier molecular flexibility index (Phi) is 5.59. The Morgan fingerprint density at radius 2 is 1.50 bits per heavy atom. The van der Waals surface area contributed by atoms with Crippen LogP contribution in [-0.2, 0) is 15.8 Å². The number of hydrogen-bond acceptors (Lipinski definition) is 3. The van der Waals surface area contributed by atoms with Gasteiger partial charge >= 0.3 is 6.18 Å². The molecular formula is C20H15ClF3NO2S. The van der Waals surface area contributed by atoms with Crippen LogP contribution >= 0.6 is 23.4 Å². The predicted octanol–water partition coefficient (Wildman–Crippen LogP) is 5.78. The van der Waals surface area contributed by atoms with E-state index < -0.39 is 23.6 Å². The second-order valence-corrected chi connectivity index (χ2v) is 8.39. The molecule has 1 aliphatic rings. The van der Waals surface area contributed by atoms with E-state index in [2.05, 4.69) is 0 Å². The van der Waals surface area contributed by atoms with Crippen LogP contribution in [0.25, 0.3) is 5.57 Å². The van der Waals surface area contributed by atoms with E-state index in [0.29, 0.717) is 10.6 Å². The number of anilines is 1. The third-order valence-electron chi connectivity index (χ3n) is 3.98. The molecule has 0 N–H and O–H groups in total. The van der Waals surface area contributed by atoms with Gasteiger partial charge < -0.3 is 0 Å². The SMILES string of the molecule is CC(C)SC1=C(c2ccc(Cl)cc2)C(=O)N(c2ccc(C(F)(F)F)cc2)C1=O. The maximum Gasteiger partial charge on any atom is 0.416 e. The van der Waals surface area contributed by atoms with Gasteiger partial charge in [0.15, 0.2) is 0 Å². The van der Waals surface area contributed by atoms with E-state index in [1.54, 1.807) is 24.3 Å². The molecule has 0 bridgehead atoms. The summed E-state index contributed by atoms with van der Waals surface area (Å²) in [5, 5.41) is 0.514. The average Bonchev–Trinajstić information content (AvgIpc) is 2.85. The lowest BCUT2D eigenvalue weighted by atomic mass is 10.1. The molecule has 0 radical (unpaired) electrons. The lowest BCUT2D eigenvalue weighted by molar-refractivity contribution is -0.137. The van der Waals surface area contributed by atoms with Crippen LogP contribution in [0.15, 0.2) is 53.4 Å². The molecule has 0 fully saturated rings. The maximum atomic E-state index is 13.1. The fourth-order valence-corrected chi connectivity index (χ4v) is 3.87. The van der Waals surface area contributed by atoms with Crippen LogP contribution in [-0.4, -0.2) is 17.1 Å². The Hall–Kier alpha value is -2.25. The number of nitrogens with zero attached hydrogens (tertiary/aromatic N) is 1. The first-order valence-electron chi connectivity index (χ1n) is 8.32. The fraction of sp³-hybridized carbons (Fsp3) is 0.200. The van der Waals surface area contributed by atoms with Gasteiger partial charge in [-0.2, -0.15) is 13.2 Å². The molecule has 0 atom stereocenters.